The van der Waals surface area contributed by atoms with Crippen molar-refractivity contribution in [3.8, 4) is 5.75 Å². The van der Waals surface area contributed by atoms with Crippen LogP contribution in [-0.2, 0) is 11.2 Å². The van der Waals surface area contributed by atoms with Gasteiger partial charge in [-0.15, -0.1) is 0 Å². The quantitative estimate of drug-likeness (QED) is 0.670. The monoisotopic (exact) mass is 398 g/mol. The maximum absolute atomic E-state index is 9.65. The number of methoxy groups -OCH3 is 1. The van der Waals surface area contributed by atoms with Gasteiger partial charge in [0.25, 0.3) is 0 Å². The number of ether oxygens (including phenoxy) is 2. The van der Waals surface area contributed by atoms with Crippen molar-refractivity contribution in [3.05, 3.63) is 60.2 Å². The third-order valence-electron chi connectivity index (χ3n) is 6.54. The zero-order valence-corrected chi connectivity index (χ0v) is 18.6. The van der Waals surface area contributed by atoms with Gasteiger partial charge >= 0.3 is 0 Å². The molecule has 152 valence electrons. The molecule has 0 unspecified atom stereocenters. The molecule has 3 nitrogen and oxygen atoms in total. The summed E-state index contributed by atoms with van der Waals surface area (Å²) in [5, 5.41) is 11.1. The molecule has 1 fully saturated rings. The molecule has 0 radical (unpaired) electrons. The first-order valence-electron chi connectivity index (χ1n) is 10.4. The first-order valence-corrected chi connectivity index (χ1v) is 13.5. The summed E-state index contributed by atoms with van der Waals surface area (Å²) in [7, 11) is -0.0798. The van der Waals surface area contributed by atoms with Crippen molar-refractivity contribution in [2.24, 2.45) is 5.92 Å². The van der Waals surface area contributed by atoms with Gasteiger partial charge in [0.05, 0.1) is 27.4 Å². The topological polar surface area (TPSA) is 38.7 Å². The van der Waals surface area contributed by atoms with Crippen molar-refractivity contribution in [2.45, 2.75) is 57.0 Å². The fraction of sp³-hybridized carbons (Fsp3) is 0.500. The summed E-state index contributed by atoms with van der Waals surface area (Å²) < 4.78 is 11.9. The molecule has 0 aliphatic carbocycles. The van der Waals surface area contributed by atoms with Gasteiger partial charge in [-0.05, 0) is 48.4 Å². The molecule has 0 aromatic heterocycles. The Balaban J connectivity index is 1.78. The second-order valence-corrected chi connectivity index (χ2v) is 13.3. The van der Waals surface area contributed by atoms with E-state index in [1.54, 1.807) is 7.11 Å². The summed E-state index contributed by atoms with van der Waals surface area (Å²) in [6, 6.07) is 19.2. The highest BCUT2D eigenvalue weighted by molar-refractivity contribution is 6.91. The van der Waals surface area contributed by atoms with Gasteiger partial charge in [-0.1, -0.05) is 67.7 Å². The summed E-state index contributed by atoms with van der Waals surface area (Å²) in [6.07, 6.45) is 3.20. The average Bonchev–Trinajstić information content (AvgIpc) is 3.03. The first-order chi connectivity index (χ1) is 13.5. The van der Waals surface area contributed by atoms with Gasteiger partial charge in [0.1, 0.15) is 5.75 Å². The molecule has 1 aliphatic rings. The fourth-order valence-corrected chi connectivity index (χ4v) is 9.11. The molecule has 0 amide bonds. The van der Waals surface area contributed by atoms with E-state index < -0.39 is 8.07 Å². The number of aliphatic hydroxyl groups excluding tert-OH is 1. The Hall–Kier alpha value is -1.62. The Morgan fingerprint density at radius 1 is 0.964 bits per heavy atom. The summed E-state index contributed by atoms with van der Waals surface area (Å²) in [5.41, 5.74) is 1.86. The van der Waals surface area contributed by atoms with E-state index in [2.05, 4.69) is 74.6 Å². The predicted molar refractivity (Wildman–Crippen MR) is 118 cm³/mol. The Bertz CT molecular complexity index is 729. The molecule has 3 rings (SSSR count). The molecule has 0 bridgehead atoms. The zero-order valence-electron chi connectivity index (χ0n) is 17.6. The number of hydrogen-bond donors (Lipinski definition) is 1. The van der Waals surface area contributed by atoms with E-state index in [0.717, 1.165) is 25.0 Å². The SMILES string of the molecule is COc1ccc([Si](C)(C)[C@@H]2[C@@H](C)[C@@H](CCc3ccccc3)O[C@H]2CCO)cc1. The third kappa shape index (κ3) is 4.51. The maximum Gasteiger partial charge on any atom is 0.118 e. The van der Waals surface area contributed by atoms with Gasteiger partial charge < -0.3 is 14.6 Å². The molecule has 1 N–H and O–H groups in total. The van der Waals surface area contributed by atoms with Crippen LogP contribution in [0.1, 0.15) is 25.3 Å². The van der Waals surface area contributed by atoms with Gasteiger partial charge in [-0.25, -0.2) is 0 Å². The molecule has 2 aromatic rings. The second-order valence-electron chi connectivity index (χ2n) is 8.58. The van der Waals surface area contributed by atoms with Crippen molar-refractivity contribution < 1.29 is 14.6 Å². The van der Waals surface area contributed by atoms with Crippen LogP contribution in [-0.4, -0.2) is 39.1 Å². The molecule has 1 saturated heterocycles. The normalized spacial score (nSPS) is 25.0. The summed E-state index contributed by atoms with van der Waals surface area (Å²) >= 11 is 0. The molecule has 1 heterocycles. The molecule has 0 spiro atoms. The van der Waals surface area contributed by atoms with Crippen LogP contribution in [0, 0.1) is 5.92 Å². The Labute approximate surface area is 170 Å². The van der Waals surface area contributed by atoms with Crippen LogP contribution < -0.4 is 9.92 Å². The minimum Gasteiger partial charge on any atom is -0.497 e. The predicted octanol–water partition coefficient (Wildman–Crippen LogP) is 4.40. The molecule has 0 saturated carbocycles. The lowest BCUT2D eigenvalue weighted by Gasteiger charge is -2.36. The molecular formula is C24H34O3Si. The first kappa shape index (κ1) is 21.1. The van der Waals surface area contributed by atoms with Gasteiger partial charge in [0, 0.05) is 6.61 Å². The summed E-state index contributed by atoms with van der Waals surface area (Å²) in [6.45, 7) is 7.44. The summed E-state index contributed by atoms with van der Waals surface area (Å²) in [5.74, 6) is 1.39. The molecule has 2 aromatic carbocycles. The van der Waals surface area contributed by atoms with Crippen LogP contribution in [0.25, 0.3) is 0 Å². The molecule has 4 atom stereocenters. The second kappa shape index (κ2) is 9.25. The Morgan fingerprint density at radius 3 is 2.25 bits per heavy atom. The number of aryl methyl sites for hydroxylation is 1. The Morgan fingerprint density at radius 2 is 1.64 bits per heavy atom. The minimum atomic E-state index is -1.79. The van der Waals surface area contributed by atoms with Crippen molar-refractivity contribution in [2.75, 3.05) is 13.7 Å². The highest BCUT2D eigenvalue weighted by Crippen LogP contribution is 2.46. The lowest BCUT2D eigenvalue weighted by atomic mass is 9.95. The van der Waals surface area contributed by atoms with Gasteiger partial charge in [-0.3, -0.25) is 0 Å². The van der Waals surface area contributed by atoms with Crippen LogP contribution in [0.5, 0.6) is 5.75 Å². The molecular weight excluding hydrogens is 364 g/mol. The van der Waals surface area contributed by atoms with E-state index in [9.17, 15) is 5.11 Å². The van der Waals surface area contributed by atoms with Crippen LogP contribution >= 0.6 is 0 Å². The number of hydrogen-bond acceptors (Lipinski definition) is 3. The standard InChI is InChI=1S/C24H34O3Si/c1-18-22(15-10-19-8-6-5-7-9-19)27-23(16-17-25)24(18)28(3,4)21-13-11-20(26-2)12-14-21/h5-9,11-14,18,22-25H,10,15-17H2,1-4H3/t18-,22+,23-,24+/m0/s1. The highest BCUT2D eigenvalue weighted by atomic mass is 28.3. The molecule has 1 aliphatic heterocycles. The van der Waals surface area contributed by atoms with Gasteiger partial charge in [-0.2, -0.15) is 0 Å². The number of rotatable bonds is 8. The van der Waals surface area contributed by atoms with E-state index in [1.807, 2.05) is 0 Å². The van der Waals surface area contributed by atoms with Crippen LogP contribution in [0.2, 0.25) is 18.6 Å². The van der Waals surface area contributed by atoms with Crippen LogP contribution in [0.3, 0.4) is 0 Å². The molecule has 28 heavy (non-hydrogen) atoms. The lowest BCUT2D eigenvalue weighted by molar-refractivity contribution is 0.0196. The zero-order chi connectivity index (χ0) is 20.1. The minimum absolute atomic E-state index is 0.143. The average molecular weight is 399 g/mol. The van der Waals surface area contributed by atoms with E-state index >= 15 is 0 Å². The maximum atomic E-state index is 9.65. The molecule has 4 heteroatoms. The van der Waals surface area contributed by atoms with Crippen LogP contribution in [0.15, 0.2) is 54.6 Å². The van der Waals surface area contributed by atoms with E-state index in [4.69, 9.17) is 9.47 Å². The van der Waals surface area contributed by atoms with E-state index in [-0.39, 0.29) is 18.8 Å². The van der Waals surface area contributed by atoms with Crippen LogP contribution in [0.4, 0.5) is 0 Å². The Kier molecular flexibility index (Phi) is 6.97. The van der Waals surface area contributed by atoms with E-state index in [0.29, 0.717) is 11.5 Å². The van der Waals surface area contributed by atoms with Crippen molar-refractivity contribution in [1.82, 2.24) is 0 Å². The number of benzene rings is 2. The highest BCUT2D eigenvalue weighted by Gasteiger charge is 2.50. The summed E-state index contributed by atoms with van der Waals surface area (Å²) in [4.78, 5) is 0. The number of aliphatic hydroxyl groups is 1. The van der Waals surface area contributed by atoms with Gasteiger partial charge in [0.15, 0.2) is 0 Å². The van der Waals surface area contributed by atoms with Crippen molar-refractivity contribution in [1.29, 1.82) is 0 Å². The smallest absolute Gasteiger partial charge is 0.118 e. The lowest BCUT2D eigenvalue weighted by Crippen LogP contribution is -2.50. The third-order valence-corrected chi connectivity index (χ3v) is 10.9. The van der Waals surface area contributed by atoms with Crippen molar-refractivity contribution >= 4 is 13.3 Å². The van der Waals surface area contributed by atoms with E-state index in [1.165, 1.54) is 10.8 Å². The van der Waals surface area contributed by atoms with Crippen molar-refractivity contribution in [3.63, 3.8) is 0 Å². The largest absolute Gasteiger partial charge is 0.497 e. The fourth-order valence-electron chi connectivity index (χ4n) is 5.00. The van der Waals surface area contributed by atoms with Gasteiger partial charge in [0.2, 0.25) is 0 Å².